The lowest BCUT2D eigenvalue weighted by molar-refractivity contribution is -0.122. The van der Waals surface area contributed by atoms with Gasteiger partial charge in [0.1, 0.15) is 18.2 Å². The summed E-state index contributed by atoms with van der Waals surface area (Å²) in [6, 6.07) is 14.3. The number of aromatic nitrogens is 2. The molecule has 1 aliphatic heterocycles. The minimum absolute atomic E-state index is 0.142. The van der Waals surface area contributed by atoms with Gasteiger partial charge in [0.2, 0.25) is 11.8 Å². The van der Waals surface area contributed by atoms with Gasteiger partial charge in [-0.25, -0.2) is 9.07 Å². The van der Waals surface area contributed by atoms with Crippen molar-refractivity contribution in [2.45, 2.75) is 44.8 Å². The van der Waals surface area contributed by atoms with Gasteiger partial charge in [-0.05, 0) is 42.7 Å². The van der Waals surface area contributed by atoms with Crippen molar-refractivity contribution in [3.63, 3.8) is 0 Å². The van der Waals surface area contributed by atoms with Gasteiger partial charge in [0, 0.05) is 31.2 Å². The molecule has 1 aromatic heterocycles. The van der Waals surface area contributed by atoms with E-state index in [0.29, 0.717) is 25.4 Å². The van der Waals surface area contributed by atoms with Crippen LogP contribution in [-0.2, 0) is 19.7 Å². The van der Waals surface area contributed by atoms with Crippen molar-refractivity contribution in [3.05, 3.63) is 76.7 Å². The number of carbonyl (C=O) groups is 2. The average Bonchev–Trinajstić information content (AvgIpc) is 3.20. The highest BCUT2D eigenvalue weighted by molar-refractivity contribution is 8.00. The number of fused-ring (bicyclic) bond motifs is 1. The van der Waals surface area contributed by atoms with Crippen LogP contribution in [0.3, 0.4) is 0 Å². The van der Waals surface area contributed by atoms with Gasteiger partial charge in [-0.3, -0.25) is 14.5 Å². The number of aryl methyl sites for hydroxylation is 1. The van der Waals surface area contributed by atoms with Gasteiger partial charge in [0.05, 0.1) is 22.4 Å². The standard InChI is InChI=1S/C29H35FN4O3S/c1-19-10-6-7-13-22(19)34-28-25(27(32-34)29(2,3)4)26(20-11-8-12-21(30)16-20)38-18-24(36)33(28)17-23(35)31-14-9-15-37-5/h6-8,10-13,16,26H,9,14-15,17-18H2,1-5H3,(H,31,35)/t26-/m1/s1. The van der Waals surface area contributed by atoms with Gasteiger partial charge in [-0.1, -0.05) is 51.1 Å². The summed E-state index contributed by atoms with van der Waals surface area (Å²) in [6.07, 6.45) is 0.675. The molecular weight excluding hydrogens is 503 g/mol. The second-order valence-corrected chi connectivity index (χ2v) is 11.5. The Morgan fingerprint density at radius 3 is 2.66 bits per heavy atom. The largest absolute Gasteiger partial charge is 0.385 e. The van der Waals surface area contributed by atoms with Crippen LogP contribution in [0, 0.1) is 12.7 Å². The molecule has 2 amide bonds. The van der Waals surface area contributed by atoms with Crippen LogP contribution in [0.1, 0.15) is 54.8 Å². The number of anilines is 1. The van der Waals surface area contributed by atoms with E-state index in [4.69, 9.17) is 9.84 Å². The predicted molar refractivity (Wildman–Crippen MR) is 150 cm³/mol. The maximum Gasteiger partial charge on any atom is 0.240 e. The predicted octanol–water partition coefficient (Wildman–Crippen LogP) is 4.94. The Bertz CT molecular complexity index is 1320. The molecule has 0 unspecified atom stereocenters. The van der Waals surface area contributed by atoms with Crippen molar-refractivity contribution >= 4 is 29.4 Å². The third-order valence-corrected chi connectivity index (χ3v) is 7.70. The van der Waals surface area contributed by atoms with E-state index in [1.807, 2.05) is 37.3 Å². The summed E-state index contributed by atoms with van der Waals surface area (Å²) in [7, 11) is 1.62. The Kier molecular flexibility index (Phi) is 8.57. The summed E-state index contributed by atoms with van der Waals surface area (Å²) in [5.74, 6) is -0.0945. The number of thioether (sulfide) groups is 1. The minimum atomic E-state index is -0.383. The lowest BCUT2D eigenvalue weighted by atomic mass is 9.87. The molecule has 0 saturated carbocycles. The fraction of sp³-hybridized carbons (Fsp3) is 0.414. The van der Waals surface area contributed by atoms with E-state index in [-0.39, 0.29) is 40.6 Å². The highest BCUT2D eigenvalue weighted by atomic mass is 32.2. The highest BCUT2D eigenvalue weighted by Gasteiger charge is 2.40. The Morgan fingerprint density at radius 1 is 1.21 bits per heavy atom. The molecule has 2 aromatic carbocycles. The first-order valence-electron chi connectivity index (χ1n) is 12.7. The van der Waals surface area contributed by atoms with Crippen molar-refractivity contribution in [1.29, 1.82) is 0 Å². The number of amides is 2. The first kappa shape index (κ1) is 27.9. The number of rotatable bonds is 8. The van der Waals surface area contributed by atoms with Crippen LogP contribution in [0.25, 0.3) is 5.69 Å². The van der Waals surface area contributed by atoms with Gasteiger partial charge in [-0.2, -0.15) is 5.10 Å². The number of methoxy groups -OCH3 is 1. The van der Waals surface area contributed by atoms with Crippen LogP contribution in [-0.4, -0.2) is 54.2 Å². The van der Waals surface area contributed by atoms with Gasteiger partial charge < -0.3 is 10.1 Å². The molecular formula is C29H35FN4O3S. The number of carbonyl (C=O) groups excluding carboxylic acids is 2. The van der Waals surface area contributed by atoms with Crippen LogP contribution in [0.15, 0.2) is 48.5 Å². The molecule has 0 fully saturated rings. The fourth-order valence-electron chi connectivity index (χ4n) is 4.62. The number of benzene rings is 2. The van der Waals surface area contributed by atoms with E-state index in [1.165, 1.54) is 23.9 Å². The number of para-hydroxylation sites is 1. The highest BCUT2D eigenvalue weighted by Crippen LogP contribution is 2.48. The van der Waals surface area contributed by atoms with E-state index >= 15 is 0 Å². The molecule has 0 spiro atoms. The fourth-order valence-corrected chi connectivity index (χ4v) is 5.81. The van der Waals surface area contributed by atoms with E-state index in [0.717, 1.165) is 28.1 Å². The molecule has 3 aromatic rings. The molecule has 38 heavy (non-hydrogen) atoms. The molecule has 1 N–H and O–H groups in total. The molecule has 7 nitrogen and oxygen atoms in total. The molecule has 0 bridgehead atoms. The quantitative estimate of drug-likeness (QED) is 0.411. The first-order chi connectivity index (χ1) is 18.1. The second-order valence-electron chi connectivity index (χ2n) is 10.5. The number of nitrogens with zero attached hydrogens (tertiary/aromatic N) is 3. The molecule has 2 heterocycles. The lowest BCUT2D eigenvalue weighted by Crippen LogP contribution is -2.42. The van der Waals surface area contributed by atoms with E-state index < -0.39 is 0 Å². The Labute approximate surface area is 227 Å². The minimum Gasteiger partial charge on any atom is -0.385 e. The Morgan fingerprint density at radius 2 is 1.97 bits per heavy atom. The summed E-state index contributed by atoms with van der Waals surface area (Å²) in [4.78, 5) is 28.2. The molecule has 0 saturated heterocycles. The molecule has 0 aliphatic carbocycles. The SMILES string of the molecule is COCCCNC(=O)CN1C(=O)CS[C@H](c2cccc(F)c2)c2c(C(C)(C)C)nn(-c3ccccc3C)c21. The van der Waals surface area contributed by atoms with Crippen LogP contribution in [0.4, 0.5) is 10.2 Å². The topological polar surface area (TPSA) is 76.5 Å². The maximum atomic E-state index is 14.4. The van der Waals surface area contributed by atoms with Crippen molar-refractivity contribution in [2.75, 3.05) is 37.5 Å². The van der Waals surface area contributed by atoms with Crippen molar-refractivity contribution in [2.24, 2.45) is 0 Å². The second kappa shape index (κ2) is 11.7. The maximum absolute atomic E-state index is 14.4. The number of hydrogen-bond donors (Lipinski definition) is 1. The normalized spacial score (nSPS) is 15.8. The van der Waals surface area contributed by atoms with Crippen molar-refractivity contribution < 1.29 is 18.7 Å². The zero-order valence-electron chi connectivity index (χ0n) is 22.6. The summed E-state index contributed by atoms with van der Waals surface area (Å²) in [6.45, 7) is 9.06. The first-order valence-corrected chi connectivity index (χ1v) is 13.8. The number of hydrogen-bond acceptors (Lipinski definition) is 5. The van der Waals surface area contributed by atoms with E-state index in [9.17, 15) is 14.0 Å². The molecule has 1 atom stereocenters. The van der Waals surface area contributed by atoms with Gasteiger partial charge in [-0.15, -0.1) is 11.8 Å². The number of ether oxygens (including phenoxy) is 1. The zero-order chi connectivity index (χ0) is 27.4. The lowest BCUT2D eigenvalue weighted by Gasteiger charge is -2.25. The average molecular weight is 539 g/mol. The van der Waals surface area contributed by atoms with Crippen molar-refractivity contribution in [1.82, 2.24) is 15.1 Å². The monoisotopic (exact) mass is 538 g/mol. The summed E-state index contributed by atoms with van der Waals surface area (Å²) in [5, 5.41) is 7.63. The van der Waals surface area contributed by atoms with Gasteiger partial charge in [0.25, 0.3) is 0 Å². The molecule has 9 heteroatoms. The van der Waals surface area contributed by atoms with E-state index in [2.05, 4.69) is 26.1 Å². The van der Waals surface area contributed by atoms with Crippen LogP contribution in [0.2, 0.25) is 0 Å². The number of nitrogens with one attached hydrogen (secondary N) is 1. The van der Waals surface area contributed by atoms with Crippen molar-refractivity contribution in [3.8, 4) is 5.69 Å². The van der Waals surface area contributed by atoms with Crippen LogP contribution >= 0.6 is 11.8 Å². The van der Waals surface area contributed by atoms with Gasteiger partial charge >= 0.3 is 0 Å². The molecule has 4 rings (SSSR count). The third-order valence-electron chi connectivity index (χ3n) is 6.44. The Hall–Kier alpha value is -3.17. The zero-order valence-corrected chi connectivity index (χ0v) is 23.4. The Balaban J connectivity index is 1.92. The third kappa shape index (κ3) is 5.94. The summed E-state index contributed by atoms with van der Waals surface area (Å²) in [5.41, 5.74) is 3.80. The molecule has 0 radical (unpaired) electrons. The summed E-state index contributed by atoms with van der Waals surface area (Å²) < 4.78 is 21.2. The number of halogens is 1. The molecule has 202 valence electrons. The molecule has 1 aliphatic rings. The van der Waals surface area contributed by atoms with Crippen LogP contribution < -0.4 is 10.2 Å². The van der Waals surface area contributed by atoms with E-state index in [1.54, 1.807) is 22.8 Å². The van der Waals surface area contributed by atoms with Crippen LogP contribution in [0.5, 0.6) is 0 Å². The smallest absolute Gasteiger partial charge is 0.240 e. The summed E-state index contributed by atoms with van der Waals surface area (Å²) >= 11 is 1.44. The van der Waals surface area contributed by atoms with Gasteiger partial charge in [0.15, 0.2) is 0 Å².